The first kappa shape index (κ1) is 18.4. The summed E-state index contributed by atoms with van der Waals surface area (Å²) < 4.78 is 12.7. The third kappa shape index (κ3) is 2.02. The van der Waals surface area contributed by atoms with Crippen LogP contribution in [-0.2, 0) is 14.0 Å². The molecule has 0 amide bonds. The fraction of sp³-hybridized carbons (Fsp3) is 0.950. The third-order valence-corrected chi connectivity index (χ3v) is 12.3. The second-order valence-corrected chi connectivity index (χ2v) is 15.5. The van der Waals surface area contributed by atoms with E-state index < -0.39 is 8.32 Å². The van der Waals surface area contributed by atoms with Gasteiger partial charge in [-0.25, -0.2) is 0 Å². The molecule has 3 rings (SSSR count). The Hall–Kier alpha value is -0.353. The van der Waals surface area contributed by atoms with Crippen molar-refractivity contribution in [3.8, 4) is 0 Å². The first-order valence-electron chi connectivity index (χ1n) is 9.64. The van der Waals surface area contributed by atoms with E-state index in [-0.39, 0.29) is 27.4 Å². The summed E-state index contributed by atoms with van der Waals surface area (Å²) in [5.74, 6) is 1.42. The highest BCUT2D eigenvalue weighted by Crippen LogP contribution is 2.87. The Morgan fingerprint density at radius 2 is 1.83 bits per heavy atom. The largest absolute Gasteiger partial charge is 0.465 e. The summed E-state index contributed by atoms with van der Waals surface area (Å²) in [4.78, 5) is 13.0. The van der Waals surface area contributed by atoms with Gasteiger partial charge in [-0.3, -0.25) is 4.79 Å². The zero-order valence-electron chi connectivity index (χ0n) is 17.1. The SMILES string of the molecule is CCOC(=O)[C@]12C(C)[C@H]1[C@@H]1CC(C)(C)C[C@@]12O[Si](C)(C)C(C)(C)C. The molecule has 0 radical (unpaired) electrons. The van der Waals surface area contributed by atoms with E-state index in [1.54, 1.807) is 0 Å². The number of hydrogen-bond donors (Lipinski definition) is 0. The zero-order chi connectivity index (χ0) is 18.3. The Labute approximate surface area is 149 Å². The third-order valence-electron chi connectivity index (χ3n) is 7.78. The van der Waals surface area contributed by atoms with Crippen molar-refractivity contribution >= 4 is 14.3 Å². The van der Waals surface area contributed by atoms with Crippen LogP contribution in [-0.4, -0.2) is 26.5 Å². The van der Waals surface area contributed by atoms with Gasteiger partial charge >= 0.3 is 5.97 Å². The highest BCUT2D eigenvalue weighted by molar-refractivity contribution is 6.74. The van der Waals surface area contributed by atoms with E-state index in [0.717, 1.165) is 6.42 Å². The fourth-order valence-corrected chi connectivity index (χ4v) is 7.53. The summed E-state index contributed by atoms with van der Waals surface area (Å²) in [7, 11) is -1.96. The predicted molar refractivity (Wildman–Crippen MR) is 99.2 cm³/mol. The maximum Gasteiger partial charge on any atom is 0.315 e. The van der Waals surface area contributed by atoms with E-state index in [9.17, 15) is 4.79 Å². The summed E-state index contributed by atoms with van der Waals surface area (Å²) in [5.41, 5.74) is -0.396. The molecule has 0 aromatic carbocycles. The molecule has 1 unspecified atom stereocenters. The molecule has 0 bridgehead atoms. The second kappa shape index (κ2) is 4.88. The van der Waals surface area contributed by atoms with E-state index in [0.29, 0.717) is 24.4 Å². The molecule has 24 heavy (non-hydrogen) atoms. The van der Waals surface area contributed by atoms with Gasteiger partial charge in [0.25, 0.3) is 0 Å². The number of hydrogen-bond acceptors (Lipinski definition) is 3. The Bertz CT molecular complexity index is 562. The molecule has 0 aromatic heterocycles. The second-order valence-electron chi connectivity index (χ2n) is 10.8. The van der Waals surface area contributed by atoms with Crippen LogP contribution < -0.4 is 0 Å². The minimum absolute atomic E-state index is 0.00941. The minimum atomic E-state index is -1.96. The van der Waals surface area contributed by atoms with Crippen LogP contribution in [0.2, 0.25) is 18.1 Å². The molecule has 0 spiro atoms. The van der Waals surface area contributed by atoms with Crippen molar-refractivity contribution in [1.29, 1.82) is 0 Å². The predicted octanol–water partition coefficient (Wildman–Crippen LogP) is 5.01. The van der Waals surface area contributed by atoms with Gasteiger partial charge in [0.15, 0.2) is 8.32 Å². The van der Waals surface area contributed by atoms with E-state index in [1.807, 2.05) is 6.92 Å². The van der Waals surface area contributed by atoms with Crippen LogP contribution in [0.5, 0.6) is 0 Å². The number of rotatable bonds is 4. The molecule has 3 aliphatic carbocycles. The normalized spacial score (nSPS) is 42.8. The lowest BCUT2D eigenvalue weighted by atomic mass is 9.62. The maximum absolute atomic E-state index is 13.0. The van der Waals surface area contributed by atoms with E-state index >= 15 is 0 Å². The topological polar surface area (TPSA) is 35.5 Å². The van der Waals surface area contributed by atoms with Gasteiger partial charge in [-0.1, -0.05) is 41.5 Å². The van der Waals surface area contributed by atoms with E-state index in [2.05, 4.69) is 54.6 Å². The highest BCUT2D eigenvalue weighted by atomic mass is 28.4. The molecule has 0 aromatic rings. The minimum Gasteiger partial charge on any atom is -0.465 e. The van der Waals surface area contributed by atoms with Gasteiger partial charge in [-0.2, -0.15) is 0 Å². The van der Waals surface area contributed by atoms with Crippen molar-refractivity contribution in [1.82, 2.24) is 0 Å². The van der Waals surface area contributed by atoms with Gasteiger partial charge in [-0.05, 0) is 61.1 Å². The molecule has 3 saturated carbocycles. The summed E-state index contributed by atoms with van der Waals surface area (Å²) in [5, 5.41) is 0.151. The molecule has 3 nitrogen and oxygen atoms in total. The first-order chi connectivity index (χ1) is 10.8. The van der Waals surface area contributed by atoms with Crippen LogP contribution in [0, 0.1) is 28.6 Å². The Morgan fingerprint density at radius 3 is 2.33 bits per heavy atom. The van der Waals surface area contributed by atoms with Crippen molar-refractivity contribution in [3.63, 3.8) is 0 Å². The summed E-state index contributed by atoms with van der Waals surface area (Å²) in [6, 6.07) is 0. The summed E-state index contributed by atoms with van der Waals surface area (Å²) in [6.07, 6.45) is 2.18. The molecule has 0 N–H and O–H groups in total. The molecule has 0 saturated heterocycles. The molecular weight excluding hydrogens is 316 g/mol. The Kier molecular flexibility index (Phi) is 3.75. The smallest absolute Gasteiger partial charge is 0.315 e. The fourth-order valence-electron chi connectivity index (χ4n) is 5.93. The van der Waals surface area contributed by atoms with Crippen LogP contribution in [0.25, 0.3) is 0 Å². The van der Waals surface area contributed by atoms with Crippen molar-refractivity contribution < 1.29 is 14.0 Å². The molecule has 0 aliphatic heterocycles. The van der Waals surface area contributed by atoms with Gasteiger partial charge in [0.05, 0.1) is 12.2 Å². The Morgan fingerprint density at radius 1 is 1.25 bits per heavy atom. The van der Waals surface area contributed by atoms with Gasteiger partial charge in [0.2, 0.25) is 0 Å². The van der Waals surface area contributed by atoms with Crippen molar-refractivity contribution in [2.45, 2.75) is 85.0 Å². The average molecular weight is 353 g/mol. The molecule has 4 heteroatoms. The molecule has 138 valence electrons. The highest BCUT2D eigenvalue weighted by Gasteiger charge is 2.93. The Balaban J connectivity index is 2.02. The van der Waals surface area contributed by atoms with Crippen LogP contribution in [0.3, 0.4) is 0 Å². The van der Waals surface area contributed by atoms with Crippen molar-refractivity contribution in [3.05, 3.63) is 0 Å². The standard InChI is InChI=1S/C20H36O3Si/c1-10-22-16(21)20-13(2)15(20)14-11-18(6,7)12-19(14,20)23-24(8,9)17(3,4)5/h13-15H,10-12H2,1-9H3/t13?,14-,15-,19+,20-/m0/s1. The zero-order valence-corrected chi connectivity index (χ0v) is 18.1. The quantitative estimate of drug-likeness (QED) is 0.527. The lowest BCUT2D eigenvalue weighted by molar-refractivity contribution is -0.185. The summed E-state index contributed by atoms with van der Waals surface area (Å²) in [6.45, 7) is 20.8. The van der Waals surface area contributed by atoms with E-state index in [1.165, 1.54) is 6.42 Å². The van der Waals surface area contributed by atoms with E-state index in [4.69, 9.17) is 9.16 Å². The van der Waals surface area contributed by atoms with Crippen LogP contribution in [0.4, 0.5) is 0 Å². The molecule has 0 heterocycles. The van der Waals surface area contributed by atoms with Crippen molar-refractivity contribution in [2.24, 2.45) is 28.6 Å². The van der Waals surface area contributed by atoms with Gasteiger partial charge < -0.3 is 9.16 Å². The lowest BCUT2D eigenvalue weighted by Crippen LogP contribution is -2.65. The molecule has 3 fully saturated rings. The molecule has 5 atom stereocenters. The summed E-state index contributed by atoms with van der Waals surface area (Å²) >= 11 is 0. The van der Waals surface area contributed by atoms with Gasteiger partial charge in [0.1, 0.15) is 5.41 Å². The monoisotopic (exact) mass is 352 g/mol. The van der Waals surface area contributed by atoms with Gasteiger partial charge in [-0.15, -0.1) is 0 Å². The molecular formula is C20H36O3Si. The van der Waals surface area contributed by atoms with Crippen LogP contribution in [0.15, 0.2) is 0 Å². The number of esters is 1. The molecule has 3 aliphatic rings. The maximum atomic E-state index is 13.0. The van der Waals surface area contributed by atoms with Crippen LogP contribution in [0.1, 0.15) is 61.3 Å². The van der Waals surface area contributed by atoms with Crippen molar-refractivity contribution in [2.75, 3.05) is 6.61 Å². The van der Waals surface area contributed by atoms with Gasteiger partial charge in [0, 0.05) is 0 Å². The number of carbonyl (C=O) groups is 1. The average Bonchev–Trinajstić information content (AvgIpc) is 2.89. The first-order valence-corrected chi connectivity index (χ1v) is 12.5. The lowest BCUT2D eigenvalue weighted by Gasteiger charge is -2.56. The number of fused-ring (bicyclic) bond motifs is 4. The number of carbonyl (C=O) groups excluding carboxylic acids is 1. The van der Waals surface area contributed by atoms with Crippen LogP contribution >= 0.6 is 0 Å². The number of ether oxygens (including phenoxy) is 1.